The lowest BCUT2D eigenvalue weighted by atomic mass is 10.0. The molecule has 1 N–H and O–H groups in total. The number of ether oxygens (including phenoxy) is 2. The van der Waals surface area contributed by atoms with Crippen LogP contribution >= 0.6 is 0 Å². The van der Waals surface area contributed by atoms with E-state index in [4.69, 9.17) is 9.47 Å². The molecule has 2 aromatic carbocycles. The molecule has 0 aliphatic carbocycles. The van der Waals surface area contributed by atoms with Crippen LogP contribution in [0, 0.1) is 0 Å². The molecule has 28 heavy (non-hydrogen) atoms. The molecule has 0 radical (unpaired) electrons. The second-order valence-electron chi connectivity index (χ2n) is 6.69. The Labute approximate surface area is 164 Å². The maximum Gasteiger partial charge on any atom is 0.277 e. The van der Waals surface area contributed by atoms with Crippen molar-refractivity contribution in [3.8, 4) is 11.5 Å². The molecule has 2 aromatic rings. The highest BCUT2D eigenvalue weighted by molar-refractivity contribution is 6.36. The zero-order valence-corrected chi connectivity index (χ0v) is 16.5. The fraction of sp³-hybridized carbons (Fsp3) is 0.273. The van der Waals surface area contributed by atoms with Crippen molar-refractivity contribution in [3.05, 3.63) is 59.8 Å². The molecule has 0 aromatic heterocycles. The van der Waals surface area contributed by atoms with Crippen molar-refractivity contribution >= 4 is 23.1 Å². The molecule has 146 valence electrons. The van der Waals surface area contributed by atoms with Crippen LogP contribution in [-0.2, 0) is 9.59 Å². The van der Waals surface area contributed by atoms with Crippen LogP contribution in [0.15, 0.2) is 54.2 Å². The van der Waals surface area contributed by atoms with E-state index in [9.17, 15) is 9.59 Å². The standard InChI is InChI=1S/C22H24N2O4/c1-5-27-17-12-8-16(9-13-17)23-20-19(21(25)24(4)22(20)26)15-6-10-18(11-7-15)28-14(2)3/h6-14,23H,5H2,1-4H3. The Kier molecular flexibility index (Phi) is 5.68. The topological polar surface area (TPSA) is 67.9 Å². The molecule has 1 aliphatic heterocycles. The number of nitrogens with zero attached hydrogens (tertiary/aromatic N) is 1. The lowest BCUT2D eigenvalue weighted by Crippen LogP contribution is -2.27. The second-order valence-corrected chi connectivity index (χ2v) is 6.69. The molecule has 0 atom stereocenters. The molecule has 0 fully saturated rings. The summed E-state index contributed by atoms with van der Waals surface area (Å²) < 4.78 is 11.1. The number of carbonyl (C=O) groups excluding carboxylic acids is 2. The molecular weight excluding hydrogens is 356 g/mol. The van der Waals surface area contributed by atoms with Crippen LogP contribution in [0.5, 0.6) is 11.5 Å². The molecule has 1 aliphatic rings. The number of carbonyl (C=O) groups is 2. The first-order valence-corrected chi connectivity index (χ1v) is 9.24. The van der Waals surface area contributed by atoms with Crippen molar-refractivity contribution in [3.63, 3.8) is 0 Å². The molecule has 6 heteroatoms. The lowest BCUT2D eigenvalue weighted by Gasteiger charge is -2.11. The minimum Gasteiger partial charge on any atom is -0.494 e. The Bertz CT molecular complexity index is 899. The summed E-state index contributed by atoms with van der Waals surface area (Å²) in [6, 6.07) is 14.4. The molecule has 0 saturated carbocycles. The van der Waals surface area contributed by atoms with Crippen LogP contribution in [-0.4, -0.2) is 36.5 Å². The van der Waals surface area contributed by atoms with Gasteiger partial charge in [-0.05, 0) is 62.7 Å². The molecule has 2 amide bonds. The smallest absolute Gasteiger partial charge is 0.277 e. The Balaban J connectivity index is 1.93. The summed E-state index contributed by atoms with van der Waals surface area (Å²) in [6.07, 6.45) is 0.0581. The summed E-state index contributed by atoms with van der Waals surface area (Å²) in [6.45, 7) is 6.39. The summed E-state index contributed by atoms with van der Waals surface area (Å²) in [5.41, 5.74) is 1.96. The lowest BCUT2D eigenvalue weighted by molar-refractivity contribution is -0.135. The van der Waals surface area contributed by atoms with Crippen molar-refractivity contribution < 1.29 is 19.1 Å². The number of likely N-dealkylation sites (N-methyl/N-ethyl adjacent to an activating group) is 1. The van der Waals surface area contributed by atoms with Crippen molar-refractivity contribution in [1.82, 2.24) is 4.90 Å². The van der Waals surface area contributed by atoms with Crippen LogP contribution in [0.2, 0.25) is 0 Å². The van der Waals surface area contributed by atoms with E-state index in [1.54, 1.807) is 24.3 Å². The third-order valence-corrected chi connectivity index (χ3v) is 4.24. The van der Waals surface area contributed by atoms with Crippen molar-refractivity contribution in [2.75, 3.05) is 19.0 Å². The number of rotatable bonds is 7. The second kappa shape index (κ2) is 8.17. The van der Waals surface area contributed by atoms with Gasteiger partial charge in [0.25, 0.3) is 11.8 Å². The van der Waals surface area contributed by atoms with E-state index in [0.717, 1.165) is 10.6 Å². The molecule has 0 bridgehead atoms. The number of hydrogen-bond acceptors (Lipinski definition) is 5. The van der Waals surface area contributed by atoms with Gasteiger partial charge in [0.15, 0.2) is 0 Å². The fourth-order valence-electron chi connectivity index (χ4n) is 2.94. The van der Waals surface area contributed by atoms with Gasteiger partial charge < -0.3 is 14.8 Å². The Morgan fingerprint density at radius 2 is 1.54 bits per heavy atom. The van der Waals surface area contributed by atoms with Gasteiger partial charge >= 0.3 is 0 Å². The zero-order chi connectivity index (χ0) is 20.3. The highest BCUT2D eigenvalue weighted by Crippen LogP contribution is 2.31. The van der Waals surface area contributed by atoms with E-state index in [0.29, 0.717) is 29.2 Å². The fourth-order valence-corrected chi connectivity index (χ4v) is 2.94. The van der Waals surface area contributed by atoms with E-state index in [-0.39, 0.29) is 23.6 Å². The zero-order valence-electron chi connectivity index (χ0n) is 16.5. The minimum atomic E-state index is -0.364. The summed E-state index contributed by atoms with van der Waals surface area (Å²) in [5.74, 6) is 0.756. The van der Waals surface area contributed by atoms with Crippen LogP contribution in [0.1, 0.15) is 26.3 Å². The maximum absolute atomic E-state index is 12.7. The van der Waals surface area contributed by atoms with E-state index in [1.807, 2.05) is 45.0 Å². The molecular formula is C22H24N2O4. The largest absolute Gasteiger partial charge is 0.494 e. The molecule has 6 nitrogen and oxygen atoms in total. The van der Waals surface area contributed by atoms with Gasteiger partial charge in [0.1, 0.15) is 17.2 Å². The Morgan fingerprint density at radius 3 is 2.11 bits per heavy atom. The first kappa shape index (κ1) is 19.5. The van der Waals surface area contributed by atoms with E-state index >= 15 is 0 Å². The number of amides is 2. The average molecular weight is 380 g/mol. The highest BCUT2D eigenvalue weighted by Gasteiger charge is 2.36. The third-order valence-electron chi connectivity index (χ3n) is 4.24. The molecule has 1 heterocycles. The van der Waals surface area contributed by atoms with E-state index in [1.165, 1.54) is 7.05 Å². The van der Waals surface area contributed by atoms with Crippen LogP contribution < -0.4 is 14.8 Å². The van der Waals surface area contributed by atoms with Crippen LogP contribution in [0.25, 0.3) is 5.57 Å². The Morgan fingerprint density at radius 1 is 0.929 bits per heavy atom. The van der Waals surface area contributed by atoms with Gasteiger partial charge in [-0.15, -0.1) is 0 Å². The van der Waals surface area contributed by atoms with Gasteiger partial charge in [-0.3, -0.25) is 14.5 Å². The van der Waals surface area contributed by atoms with E-state index < -0.39 is 0 Å². The molecule has 3 rings (SSSR count). The maximum atomic E-state index is 12.7. The van der Waals surface area contributed by atoms with Gasteiger partial charge in [-0.25, -0.2) is 0 Å². The van der Waals surface area contributed by atoms with Gasteiger partial charge in [0.05, 0.1) is 18.3 Å². The predicted molar refractivity (Wildman–Crippen MR) is 108 cm³/mol. The van der Waals surface area contributed by atoms with Crippen molar-refractivity contribution in [1.29, 1.82) is 0 Å². The van der Waals surface area contributed by atoms with Gasteiger partial charge in [-0.1, -0.05) is 12.1 Å². The monoisotopic (exact) mass is 380 g/mol. The quantitative estimate of drug-likeness (QED) is 0.742. The molecule has 0 unspecified atom stereocenters. The summed E-state index contributed by atoms with van der Waals surface area (Å²) in [5, 5.41) is 3.10. The number of hydrogen-bond donors (Lipinski definition) is 1. The van der Waals surface area contributed by atoms with Crippen LogP contribution in [0.4, 0.5) is 5.69 Å². The van der Waals surface area contributed by atoms with Crippen molar-refractivity contribution in [2.24, 2.45) is 0 Å². The normalized spacial score (nSPS) is 14.1. The SMILES string of the molecule is CCOc1ccc(NC2=C(c3ccc(OC(C)C)cc3)C(=O)N(C)C2=O)cc1. The number of benzene rings is 2. The average Bonchev–Trinajstić information content (AvgIpc) is 2.88. The number of anilines is 1. The molecule has 0 saturated heterocycles. The van der Waals surface area contributed by atoms with Crippen molar-refractivity contribution in [2.45, 2.75) is 26.9 Å². The van der Waals surface area contributed by atoms with Gasteiger partial charge in [0.2, 0.25) is 0 Å². The third kappa shape index (κ3) is 4.01. The van der Waals surface area contributed by atoms with Crippen LogP contribution in [0.3, 0.4) is 0 Å². The first-order valence-electron chi connectivity index (χ1n) is 9.24. The summed E-state index contributed by atoms with van der Waals surface area (Å²) in [4.78, 5) is 26.4. The molecule has 0 spiro atoms. The van der Waals surface area contributed by atoms with Gasteiger partial charge in [-0.2, -0.15) is 0 Å². The highest BCUT2D eigenvalue weighted by atomic mass is 16.5. The summed E-state index contributed by atoms with van der Waals surface area (Å²) >= 11 is 0. The number of nitrogens with one attached hydrogen (secondary N) is 1. The first-order chi connectivity index (χ1) is 13.4. The predicted octanol–water partition coefficient (Wildman–Crippen LogP) is 3.69. The minimum absolute atomic E-state index is 0.0581. The van der Waals surface area contributed by atoms with Gasteiger partial charge in [0, 0.05) is 12.7 Å². The number of imide groups is 1. The Hall–Kier alpha value is -3.28. The van der Waals surface area contributed by atoms with E-state index in [2.05, 4.69) is 5.32 Å². The summed E-state index contributed by atoms with van der Waals surface area (Å²) in [7, 11) is 1.48.